The van der Waals surface area contributed by atoms with Gasteiger partial charge >= 0.3 is 12.4 Å². The van der Waals surface area contributed by atoms with Gasteiger partial charge in [-0.15, -0.1) is 0 Å². The van der Waals surface area contributed by atoms with Gasteiger partial charge in [0.15, 0.2) is 0 Å². The highest BCUT2D eigenvalue weighted by atomic mass is 19.4. The highest BCUT2D eigenvalue weighted by Crippen LogP contribution is 2.36. The zero-order valence-electron chi connectivity index (χ0n) is 18.4. The predicted octanol–water partition coefficient (Wildman–Crippen LogP) is 6.48. The Bertz CT molecular complexity index is 1240. The molecule has 0 atom stereocenters. The molecule has 0 aliphatic carbocycles. The van der Waals surface area contributed by atoms with Crippen LogP contribution in [0.2, 0.25) is 0 Å². The van der Waals surface area contributed by atoms with Crippen LogP contribution in [0.1, 0.15) is 44.7 Å². The molecule has 1 aromatic heterocycles. The number of nitriles is 1. The number of carbonyl (C=O) groups excluding carboxylic acids is 1. The smallest absolute Gasteiger partial charge is 0.348 e. The molecule has 3 aromatic rings. The molecule has 2 aromatic carbocycles. The van der Waals surface area contributed by atoms with Crippen molar-refractivity contribution in [3.63, 3.8) is 0 Å². The molecule has 182 valence electrons. The van der Waals surface area contributed by atoms with E-state index in [0.29, 0.717) is 35.4 Å². The quantitative estimate of drug-likeness (QED) is 0.402. The summed E-state index contributed by atoms with van der Waals surface area (Å²) in [5.74, 6) is -0.714. The molecule has 1 amide bonds. The van der Waals surface area contributed by atoms with Crippen LogP contribution in [0, 0.1) is 18.3 Å². The number of hydrogen-bond donors (Lipinski definition) is 1. The minimum Gasteiger partial charge on any atom is -0.348 e. The number of nitrogens with one attached hydrogen (secondary N) is 1. The Morgan fingerprint density at radius 1 is 0.971 bits per heavy atom. The Kier molecular flexibility index (Phi) is 7.48. The van der Waals surface area contributed by atoms with Gasteiger partial charge in [-0.3, -0.25) is 9.78 Å². The minimum atomic E-state index is -4.98. The summed E-state index contributed by atoms with van der Waals surface area (Å²) in [7, 11) is 0. The highest BCUT2D eigenvalue weighted by Gasteiger charge is 2.36. The number of aromatic nitrogens is 1. The van der Waals surface area contributed by atoms with Gasteiger partial charge in [0.05, 0.1) is 22.8 Å². The summed E-state index contributed by atoms with van der Waals surface area (Å²) in [5.41, 5.74) is -0.568. The molecular weight excluding hydrogens is 472 g/mol. The molecule has 3 rings (SSSR count). The van der Waals surface area contributed by atoms with Gasteiger partial charge in [0.2, 0.25) is 0 Å². The highest BCUT2D eigenvalue weighted by molar-refractivity contribution is 6.01. The van der Waals surface area contributed by atoms with E-state index in [2.05, 4.69) is 10.3 Å². The van der Waals surface area contributed by atoms with Crippen molar-refractivity contribution in [3.8, 4) is 17.2 Å². The van der Waals surface area contributed by atoms with E-state index < -0.39 is 35.9 Å². The number of alkyl halides is 6. The Balaban J connectivity index is 1.95. The molecule has 0 spiro atoms. The molecule has 0 saturated carbocycles. The Labute approximate surface area is 197 Å². The van der Waals surface area contributed by atoms with Gasteiger partial charge in [0.1, 0.15) is 0 Å². The standard InChI is InChI=1S/C25H19F6N3O/c1-15-5-2-3-7-20(15)21-12-19(6-4-8-32)33-14-22(21)23(35)34-13-16-9-17(24(26,27)28)11-18(10-16)25(29,30)31/h2-3,5,7,9-12,14H,4,6,13H2,1H3,(H,34,35). The van der Waals surface area contributed by atoms with E-state index in [1.54, 1.807) is 18.2 Å². The third kappa shape index (κ3) is 6.38. The zero-order chi connectivity index (χ0) is 25.8. The largest absolute Gasteiger partial charge is 0.416 e. The van der Waals surface area contributed by atoms with E-state index in [1.807, 2.05) is 25.1 Å². The summed E-state index contributed by atoms with van der Waals surface area (Å²) in [6, 6.07) is 12.0. The van der Waals surface area contributed by atoms with Crippen LogP contribution < -0.4 is 5.32 Å². The number of rotatable bonds is 6. The third-order valence-electron chi connectivity index (χ3n) is 5.23. The van der Waals surface area contributed by atoms with Crippen LogP contribution in [0.15, 0.2) is 54.7 Å². The number of benzene rings is 2. The number of pyridine rings is 1. The normalized spacial score (nSPS) is 11.7. The van der Waals surface area contributed by atoms with Gasteiger partial charge in [-0.05, 0) is 53.4 Å². The second-order valence-electron chi connectivity index (χ2n) is 7.79. The van der Waals surface area contributed by atoms with Crippen molar-refractivity contribution in [3.05, 3.63) is 88.2 Å². The summed E-state index contributed by atoms with van der Waals surface area (Å²) in [6.45, 7) is 1.27. The van der Waals surface area contributed by atoms with Gasteiger partial charge < -0.3 is 5.32 Å². The SMILES string of the molecule is Cc1ccccc1-c1cc(CCC#N)ncc1C(=O)NCc1cc(C(F)(F)F)cc(C(F)(F)F)c1. The number of nitrogens with zero attached hydrogens (tertiary/aromatic N) is 2. The number of amides is 1. The lowest BCUT2D eigenvalue weighted by atomic mass is 9.95. The van der Waals surface area contributed by atoms with Gasteiger partial charge in [-0.2, -0.15) is 31.6 Å². The maximum atomic E-state index is 13.1. The molecule has 4 nitrogen and oxygen atoms in total. The van der Waals surface area contributed by atoms with Crippen LogP contribution in [0.3, 0.4) is 0 Å². The van der Waals surface area contributed by atoms with Crippen molar-refractivity contribution < 1.29 is 31.1 Å². The molecule has 1 heterocycles. The molecular formula is C25H19F6N3O. The fourth-order valence-electron chi connectivity index (χ4n) is 3.50. The fraction of sp³-hybridized carbons (Fsp3) is 0.240. The number of carbonyl (C=O) groups is 1. The topological polar surface area (TPSA) is 65.8 Å². The molecule has 10 heteroatoms. The monoisotopic (exact) mass is 491 g/mol. The molecule has 0 fully saturated rings. The van der Waals surface area contributed by atoms with E-state index in [-0.39, 0.29) is 23.6 Å². The second-order valence-corrected chi connectivity index (χ2v) is 7.79. The zero-order valence-corrected chi connectivity index (χ0v) is 18.4. The summed E-state index contributed by atoms with van der Waals surface area (Å²) in [6.07, 6.45) is -8.12. The molecule has 0 aliphatic heterocycles. The van der Waals surface area contributed by atoms with Gasteiger partial charge in [-0.1, -0.05) is 24.3 Å². The van der Waals surface area contributed by atoms with E-state index in [1.165, 1.54) is 6.20 Å². The first kappa shape index (κ1) is 25.7. The van der Waals surface area contributed by atoms with E-state index in [9.17, 15) is 31.1 Å². The molecule has 1 N–H and O–H groups in total. The van der Waals surface area contributed by atoms with E-state index in [0.717, 1.165) is 5.56 Å². The first-order valence-electron chi connectivity index (χ1n) is 10.4. The number of hydrogen-bond acceptors (Lipinski definition) is 3. The van der Waals surface area contributed by atoms with Crippen LogP contribution in [0.25, 0.3) is 11.1 Å². The van der Waals surface area contributed by atoms with Crippen LogP contribution in [0.5, 0.6) is 0 Å². The van der Waals surface area contributed by atoms with Crippen molar-refractivity contribution in [2.24, 2.45) is 0 Å². The van der Waals surface area contributed by atoms with Crippen LogP contribution in [0.4, 0.5) is 26.3 Å². The van der Waals surface area contributed by atoms with E-state index >= 15 is 0 Å². The van der Waals surface area contributed by atoms with Crippen molar-refractivity contribution in [2.45, 2.75) is 38.7 Å². The number of halogens is 6. The average molecular weight is 491 g/mol. The van der Waals surface area contributed by atoms with Gasteiger partial charge in [0.25, 0.3) is 5.91 Å². The molecule has 0 radical (unpaired) electrons. The Morgan fingerprint density at radius 3 is 2.17 bits per heavy atom. The molecule has 0 bridgehead atoms. The van der Waals surface area contributed by atoms with Crippen molar-refractivity contribution in [1.82, 2.24) is 10.3 Å². The first-order valence-corrected chi connectivity index (χ1v) is 10.4. The summed E-state index contributed by atoms with van der Waals surface area (Å²) in [5, 5.41) is 11.2. The lowest BCUT2D eigenvalue weighted by Gasteiger charge is -2.16. The molecule has 0 saturated heterocycles. The van der Waals surface area contributed by atoms with Crippen molar-refractivity contribution >= 4 is 5.91 Å². The maximum Gasteiger partial charge on any atom is 0.416 e. The van der Waals surface area contributed by atoms with Gasteiger partial charge in [0, 0.05) is 31.3 Å². The number of aryl methyl sites for hydroxylation is 2. The Morgan fingerprint density at radius 2 is 1.60 bits per heavy atom. The molecule has 35 heavy (non-hydrogen) atoms. The summed E-state index contributed by atoms with van der Waals surface area (Å²) >= 11 is 0. The van der Waals surface area contributed by atoms with Crippen LogP contribution in [-0.2, 0) is 25.3 Å². The summed E-state index contributed by atoms with van der Waals surface area (Å²) in [4.78, 5) is 17.2. The Hall–Kier alpha value is -3.87. The predicted molar refractivity (Wildman–Crippen MR) is 116 cm³/mol. The maximum absolute atomic E-state index is 13.1. The second kappa shape index (κ2) is 10.2. The lowest BCUT2D eigenvalue weighted by Crippen LogP contribution is -2.24. The minimum absolute atomic E-state index is 0.0332. The third-order valence-corrected chi connectivity index (χ3v) is 5.23. The van der Waals surface area contributed by atoms with Crippen LogP contribution >= 0.6 is 0 Å². The lowest BCUT2D eigenvalue weighted by molar-refractivity contribution is -0.143. The van der Waals surface area contributed by atoms with Crippen molar-refractivity contribution in [1.29, 1.82) is 5.26 Å². The molecule has 0 aliphatic rings. The van der Waals surface area contributed by atoms with Crippen molar-refractivity contribution in [2.75, 3.05) is 0 Å². The first-order chi connectivity index (χ1) is 16.4. The van der Waals surface area contributed by atoms with E-state index in [4.69, 9.17) is 5.26 Å². The molecule has 0 unspecified atom stereocenters. The fourth-order valence-corrected chi connectivity index (χ4v) is 3.50. The van der Waals surface area contributed by atoms with Crippen LogP contribution in [-0.4, -0.2) is 10.9 Å². The summed E-state index contributed by atoms with van der Waals surface area (Å²) < 4.78 is 78.7. The van der Waals surface area contributed by atoms with Gasteiger partial charge in [-0.25, -0.2) is 0 Å². The average Bonchev–Trinajstić information content (AvgIpc) is 2.80.